The van der Waals surface area contributed by atoms with Crippen LogP contribution in [0, 0.1) is 0 Å². The Balaban J connectivity index is 2.85. The first-order valence-corrected chi connectivity index (χ1v) is 10.0. The van der Waals surface area contributed by atoms with E-state index in [4.69, 9.17) is 58.5 Å². The van der Waals surface area contributed by atoms with Crippen LogP contribution in [0.25, 0.3) is 0 Å². The number of nitrogens with zero attached hydrogens (tertiary/aromatic N) is 6. The molecule has 2 unspecified atom stereocenters. The number of halogens is 4. The fraction of sp³-hybridized carbons (Fsp3) is 0. The predicted molar refractivity (Wildman–Crippen MR) is 90.2 cm³/mol. The van der Waals surface area contributed by atoms with Gasteiger partial charge in [0.1, 0.15) is 0 Å². The van der Waals surface area contributed by atoms with Gasteiger partial charge in [-0.05, 0) is 0 Å². The predicted octanol–water partition coefficient (Wildman–Crippen LogP) is -7.06. The normalized spacial score (nSPS) is 27.3. The van der Waals surface area contributed by atoms with Crippen LogP contribution in [0.5, 0.6) is 0 Å². The van der Waals surface area contributed by atoms with E-state index >= 15 is 0 Å². The van der Waals surface area contributed by atoms with E-state index in [9.17, 15) is 0 Å². The number of rotatable bonds is 13. The van der Waals surface area contributed by atoms with E-state index in [1.165, 1.54) is 69.0 Å². The molecule has 1 saturated heterocycles. The van der Waals surface area contributed by atoms with Crippen molar-refractivity contribution in [3.63, 3.8) is 0 Å². The average molecular weight is 894 g/mol. The quantitative estimate of drug-likeness (QED) is 0.0392. The molecule has 1 rings (SSSR count). The number of nitrogens with two attached hydrogens (primary N) is 5. The second-order valence-electron chi connectivity index (χ2n) is 3.31. The zero-order valence-electron chi connectivity index (χ0n) is 13.0. The monoisotopic (exact) mass is 894 g/mol. The molecule has 0 aliphatic carbocycles. The average Bonchev–Trinajstić information content (AvgIpc) is 2.63. The van der Waals surface area contributed by atoms with E-state index in [1.807, 2.05) is 5.64 Å². The molecule has 0 aromatic carbocycles. The van der Waals surface area contributed by atoms with Crippen molar-refractivity contribution in [1.29, 1.82) is 0 Å². The van der Waals surface area contributed by atoms with Gasteiger partial charge in [0.05, 0.1) is 0 Å². The van der Waals surface area contributed by atoms with Gasteiger partial charge < -0.3 is 0 Å². The molecule has 25 nitrogen and oxygen atoms in total. The van der Waals surface area contributed by atoms with Gasteiger partial charge >= 0.3 is 214 Å². The molecule has 0 aromatic heterocycles. The summed E-state index contributed by atoms with van der Waals surface area (Å²) in [5.74, 6) is 26.5. The summed E-state index contributed by atoms with van der Waals surface area (Å²) in [7, 11) is 0. The molecule has 12 N–H and O–H groups in total. The summed E-state index contributed by atoms with van der Waals surface area (Å²) in [5.41, 5.74) is 3.53. The van der Waals surface area contributed by atoms with Gasteiger partial charge in [0.15, 0.2) is 0 Å². The van der Waals surface area contributed by atoms with Crippen LogP contribution in [-0.4, -0.2) is 31.6 Å². The fourth-order valence-electron chi connectivity index (χ4n) is 0.815. The number of hydrogen-bond acceptors (Lipinski definition) is 23. The molecule has 0 radical (unpaired) electrons. The van der Waals surface area contributed by atoms with Crippen LogP contribution in [0.2, 0.25) is 0 Å². The van der Waals surface area contributed by atoms with Crippen molar-refractivity contribution >= 4 is 69.0 Å². The van der Waals surface area contributed by atoms with Crippen LogP contribution in [0.1, 0.15) is 0 Å². The summed E-state index contributed by atoms with van der Waals surface area (Å²) < 4.78 is 23.7. The standard InChI is InChI=1S/H12I4N13O12/c1-18-11-24-14(19-2)26-15-28-16(8,20-3)21-4-22-17(9,29-15)27-13(7)25-12(6)23-10-5/h10-11H,5-9H2/q+1. The molecule has 176 valence electrons. The molecular weight excluding hydrogens is 882 g/mol. The molecule has 29 heavy (non-hydrogen) atoms. The Hall–Kier alpha value is 1.92. The molecule has 0 bridgehead atoms. The number of hydrazine groups is 3. The van der Waals surface area contributed by atoms with Gasteiger partial charge in [-0.1, -0.05) is 0 Å². The molecule has 1 aliphatic rings. The molecule has 0 saturated carbocycles. The van der Waals surface area contributed by atoms with Gasteiger partial charge in [-0.15, -0.1) is 0 Å². The molecule has 0 spiro atoms. The maximum atomic E-state index is 5.66. The first-order chi connectivity index (χ1) is 13.7. The third kappa shape index (κ3) is 11.6. The van der Waals surface area contributed by atoms with Crippen LogP contribution in [0.15, 0.2) is 0 Å². The Bertz CT molecular complexity index is 454. The number of quaternary nitrogens is 2. The SMILES string of the molecule is NNON(N)ON(N)O[N+]1(N)O[I-]O[N+](N)(OI)ON(ON(OI)ONOI)O1. The Morgan fingerprint density at radius 2 is 1.66 bits per heavy atom. The van der Waals surface area contributed by atoms with Gasteiger partial charge in [0, 0.05) is 0 Å². The van der Waals surface area contributed by atoms with Crippen molar-refractivity contribution < 1.29 is 82.6 Å². The Kier molecular flexibility index (Phi) is 14.9. The van der Waals surface area contributed by atoms with E-state index in [2.05, 4.69) is 21.1 Å². The van der Waals surface area contributed by atoms with Crippen molar-refractivity contribution in [3.8, 4) is 0 Å². The molecule has 29 heteroatoms. The van der Waals surface area contributed by atoms with E-state index < -0.39 is 32.2 Å². The second-order valence-corrected chi connectivity index (χ2v) is 5.68. The molecule has 0 amide bonds. The van der Waals surface area contributed by atoms with Crippen molar-refractivity contribution in [2.45, 2.75) is 0 Å². The van der Waals surface area contributed by atoms with Gasteiger partial charge in [0.25, 0.3) is 0 Å². The van der Waals surface area contributed by atoms with Crippen LogP contribution < -0.4 is 62.5 Å². The summed E-state index contributed by atoms with van der Waals surface area (Å²) in [6.45, 7) is 0. The van der Waals surface area contributed by atoms with Crippen molar-refractivity contribution in [1.82, 2.24) is 32.7 Å². The molecule has 0 aromatic rings. The summed E-state index contributed by atoms with van der Waals surface area (Å²) in [6.07, 6.45) is 0. The molecule has 1 heterocycles. The van der Waals surface area contributed by atoms with Crippen molar-refractivity contribution in [2.75, 3.05) is 0 Å². The van der Waals surface area contributed by atoms with Crippen LogP contribution in [0.4, 0.5) is 0 Å². The van der Waals surface area contributed by atoms with Crippen molar-refractivity contribution in [2.24, 2.45) is 29.2 Å². The Morgan fingerprint density at radius 3 is 2.24 bits per heavy atom. The molecular formula is H12I4N13O12+. The maximum absolute atomic E-state index is 5.66. The summed E-state index contributed by atoms with van der Waals surface area (Å²) in [5, 5.41) is -3.20. The van der Waals surface area contributed by atoms with Crippen LogP contribution in [-0.2, 0) is 50.4 Å². The zero-order chi connectivity index (χ0) is 21.9. The van der Waals surface area contributed by atoms with E-state index in [-0.39, 0.29) is 21.5 Å². The summed E-state index contributed by atoms with van der Waals surface area (Å²) in [4.78, 5) is 32.7. The van der Waals surface area contributed by atoms with Gasteiger partial charge in [-0.25, -0.2) is 0 Å². The summed E-state index contributed by atoms with van der Waals surface area (Å²) in [6, 6.07) is 0. The number of nitrogens with one attached hydrogen (secondary N) is 2. The fourth-order valence-corrected chi connectivity index (χ4v) is 2.32. The molecule has 1 fully saturated rings. The minimum absolute atomic E-state index is 0.00514. The number of hydrogen-bond donors (Lipinski definition) is 7. The first kappa shape index (κ1) is 29.0. The second kappa shape index (κ2) is 14.9. The first-order valence-electron chi connectivity index (χ1n) is 5.63. The van der Waals surface area contributed by atoms with Crippen LogP contribution >= 0.6 is 69.0 Å². The van der Waals surface area contributed by atoms with E-state index in [0.717, 1.165) is 0 Å². The van der Waals surface area contributed by atoms with Gasteiger partial charge in [-0.3, -0.25) is 0 Å². The van der Waals surface area contributed by atoms with E-state index in [0.29, 0.717) is 0 Å². The van der Waals surface area contributed by atoms with Gasteiger partial charge in [0.2, 0.25) is 0 Å². The van der Waals surface area contributed by atoms with Crippen LogP contribution in [0.3, 0.4) is 0 Å². The summed E-state index contributed by atoms with van der Waals surface area (Å²) >= 11 is 2.18. The minimum atomic E-state index is -1.89. The Morgan fingerprint density at radius 1 is 1.00 bits per heavy atom. The Labute approximate surface area is 211 Å². The third-order valence-electron chi connectivity index (χ3n) is 1.54. The van der Waals surface area contributed by atoms with E-state index in [1.54, 1.807) is 5.59 Å². The van der Waals surface area contributed by atoms with Gasteiger partial charge in [-0.2, -0.15) is 0 Å². The van der Waals surface area contributed by atoms with Crippen molar-refractivity contribution in [3.05, 3.63) is 0 Å². The topological polar surface area (TPSA) is 278 Å². The zero-order valence-corrected chi connectivity index (χ0v) is 21.6. The third-order valence-corrected chi connectivity index (χ3v) is 4.01. The molecule has 2 atom stereocenters. The molecule has 1 aliphatic heterocycles.